The third kappa shape index (κ3) is 2.12. The topological polar surface area (TPSA) is 62.2 Å². The van der Waals surface area contributed by atoms with Gasteiger partial charge in [-0.1, -0.05) is 42.5 Å². The summed E-state index contributed by atoms with van der Waals surface area (Å²) in [5.41, 5.74) is 2.41. The first kappa shape index (κ1) is 12.8. The minimum Gasteiger partial charge on any atom is -0.489 e. The minimum absolute atomic E-state index is 0.281. The Bertz CT molecular complexity index is 655. The molecule has 4 rings (SSSR count). The molecule has 108 valence electrons. The summed E-state index contributed by atoms with van der Waals surface area (Å²) in [7, 11) is 0. The first-order valence-electron chi connectivity index (χ1n) is 7.07. The van der Waals surface area contributed by atoms with Gasteiger partial charge in [-0.05, 0) is 17.2 Å². The van der Waals surface area contributed by atoms with E-state index in [0.29, 0.717) is 23.5 Å². The lowest BCUT2D eigenvalue weighted by Crippen LogP contribution is -2.23. The first-order chi connectivity index (χ1) is 10.3. The van der Waals surface area contributed by atoms with E-state index in [0.717, 1.165) is 5.56 Å². The van der Waals surface area contributed by atoms with Crippen LogP contribution in [0.15, 0.2) is 48.5 Å². The first-order valence-corrected chi connectivity index (χ1v) is 7.07. The molecular weight excluding hydrogens is 268 g/mol. The van der Waals surface area contributed by atoms with Crippen LogP contribution in [0.5, 0.6) is 5.75 Å². The summed E-state index contributed by atoms with van der Waals surface area (Å²) < 4.78 is 11.2. The molecule has 0 unspecified atom stereocenters. The fourth-order valence-corrected chi connectivity index (χ4v) is 2.98. The molecule has 4 atom stereocenters. The Morgan fingerprint density at radius 3 is 2.48 bits per heavy atom. The Hall–Kier alpha value is -1.88. The summed E-state index contributed by atoms with van der Waals surface area (Å²) in [5, 5.41) is 20.6. The molecule has 1 aliphatic carbocycles. The van der Waals surface area contributed by atoms with Crippen LogP contribution >= 0.6 is 0 Å². The van der Waals surface area contributed by atoms with Crippen LogP contribution in [0.25, 0.3) is 0 Å². The smallest absolute Gasteiger partial charge is 0.126 e. The third-order valence-electron chi connectivity index (χ3n) is 4.14. The van der Waals surface area contributed by atoms with E-state index < -0.39 is 12.2 Å². The van der Waals surface area contributed by atoms with Gasteiger partial charge in [0.25, 0.3) is 0 Å². The van der Waals surface area contributed by atoms with Gasteiger partial charge in [-0.15, -0.1) is 0 Å². The molecule has 4 nitrogen and oxygen atoms in total. The molecule has 4 heteroatoms. The average Bonchev–Trinajstić information content (AvgIpc) is 3.32. The van der Waals surface area contributed by atoms with Crippen LogP contribution < -0.4 is 4.74 Å². The van der Waals surface area contributed by atoms with Crippen molar-refractivity contribution in [2.75, 3.05) is 0 Å². The zero-order valence-corrected chi connectivity index (χ0v) is 11.3. The zero-order chi connectivity index (χ0) is 14.4. The van der Waals surface area contributed by atoms with E-state index in [1.165, 1.54) is 0 Å². The van der Waals surface area contributed by atoms with Crippen molar-refractivity contribution < 1.29 is 19.7 Å². The summed E-state index contributed by atoms with van der Waals surface area (Å²) in [6.07, 6.45) is -2.01. The fourth-order valence-electron chi connectivity index (χ4n) is 2.98. The summed E-state index contributed by atoms with van der Waals surface area (Å²) in [5.74, 6) is 0.608. The SMILES string of the molecule is O[C@@H]1c2cccc(OCc3ccccc3)c2[C@H](O)[C@@H]2O[C@@H]21. The number of hydrogen-bond donors (Lipinski definition) is 2. The lowest BCUT2D eigenvalue weighted by molar-refractivity contribution is 0.115. The predicted molar refractivity (Wildman–Crippen MR) is 75.8 cm³/mol. The highest BCUT2D eigenvalue weighted by atomic mass is 16.6. The molecule has 21 heavy (non-hydrogen) atoms. The van der Waals surface area contributed by atoms with E-state index in [2.05, 4.69) is 0 Å². The standard InChI is InChI=1S/C17H16O4/c18-14-11-7-4-8-12(13(11)15(19)17-16(14)21-17)20-9-10-5-2-1-3-6-10/h1-8,14-19H,9H2/t14-,15+,16-,17+/m1/s1. The van der Waals surface area contributed by atoms with E-state index in [-0.39, 0.29) is 12.2 Å². The molecule has 0 aromatic heterocycles. The summed E-state index contributed by atoms with van der Waals surface area (Å²) in [4.78, 5) is 0. The van der Waals surface area contributed by atoms with Crippen molar-refractivity contribution in [3.05, 3.63) is 65.2 Å². The highest BCUT2D eigenvalue weighted by Crippen LogP contribution is 2.51. The third-order valence-corrected chi connectivity index (χ3v) is 4.14. The van der Waals surface area contributed by atoms with Crippen LogP contribution in [-0.2, 0) is 11.3 Å². The number of ether oxygens (including phenoxy) is 2. The molecule has 1 fully saturated rings. The second kappa shape index (κ2) is 4.84. The van der Waals surface area contributed by atoms with Crippen molar-refractivity contribution in [2.24, 2.45) is 0 Å². The number of hydrogen-bond acceptors (Lipinski definition) is 4. The normalized spacial score (nSPS) is 29.4. The maximum Gasteiger partial charge on any atom is 0.126 e. The lowest BCUT2D eigenvalue weighted by atomic mass is 9.87. The number of fused-ring (bicyclic) bond motifs is 2. The van der Waals surface area contributed by atoms with Gasteiger partial charge in [-0.3, -0.25) is 0 Å². The molecule has 0 bridgehead atoms. The van der Waals surface area contributed by atoms with Crippen molar-refractivity contribution in [2.45, 2.75) is 31.0 Å². The summed E-state index contributed by atoms with van der Waals surface area (Å²) >= 11 is 0. The lowest BCUT2D eigenvalue weighted by Gasteiger charge is -2.24. The molecular formula is C17H16O4. The number of benzene rings is 2. The van der Waals surface area contributed by atoms with Gasteiger partial charge in [0.2, 0.25) is 0 Å². The van der Waals surface area contributed by atoms with Crippen LogP contribution in [0.1, 0.15) is 28.9 Å². The fraction of sp³-hybridized carbons (Fsp3) is 0.294. The molecule has 1 saturated heterocycles. The Labute approximate surface area is 122 Å². The highest BCUT2D eigenvalue weighted by molar-refractivity contribution is 5.47. The van der Waals surface area contributed by atoms with Gasteiger partial charge < -0.3 is 19.7 Å². The van der Waals surface area contributed by atoms with Gasteiger partial charge in [0.15, 0.2) is 0 Å². The summed E-state index contributed by atoms with van der Waals surface area (Å²) in [6.45, 7) is 0.426. The van der Waals surface area contributed by atoms with Crippen LogP contribution in [0.4, 0.5) is 0 Å². The molecule has 2 aliphatic rings. The van der Waals surface area contributed by atoms with Gasteiger partial charge in [-0.2, -0.15) is 0 Å². The van der Waals surface area contributed by atoms with Gasteiger partial charge in [0.1, 0.15) is 36.8 Å². The molecule has 0 radical (unpaired) electrons. The van der Waals surface area contributed by atoms with Gasteiger partial charge in [-0.25, -0.2) is 0 Å². The van der Waals surface area contributed by atoms with Gasteiger partial charge in [0.05, 0.1) is 0 Å². The molecule has 2 aromatic rings. The Morgan fingerprint density at radius 1 is 0.905 bits per heavy atom. The van der Waals surface area contributed by atoms with E-state index in [1.807, 2.05) is 48.5 Å². The van der Waals surface area contributed by atoms with Crippen LogP contribution in [-0.4, -0.2) is 22.4 Å². The molecule has 0 amide bonds. The van der Waals surface area contributed by atoms with Crippen LogP contribution in [0, 0.1) is 0 Å². The largest absolute Gasteiger partial charge is 0.489 e. The Morgan fingerprint density at radius 2 is 1.67 bits per heavy atom. The summed E-state index contributed by atoms with van der Waals surface area (Å²) in [6, 6.07) is 15.3. The molecule has 2 N–H and O–H groups in total. The molecule has 1 heterocycles. The Kier molecular flexibility index (Phi) is 2.96. The van der Waals surface area contributed by atoms with Crippen molar-refractivity contribution in [1.82, 2.24) is 0 Å². The van der Waals surface area contributed by atoms with Gasteiger partial charge >= 0.3 is 0 Å². The zero-order valence-electron chi connectivity index (χ0n) is 11.3. The predicted octanol–water partition coefficient (Wildman–Crippen LogP) is 2.11. The van der Waals surface area contributed by atoms with Crippen molar-refractivity contribution >= 4 is 0 Å². The van der Waals surface area contributed by atoms with E-state index >= 15 is 0 Å². The highest BCUT2D eigenvalue weighted by Gasteiger charge is 2.55. The van der Waals surface area contributed by atoms with Crippen molar-refractivity contribution in [1.29, 1.82) is 0 Å². The molecule has 1 aliphatic heterocycles. The van der Waals surface area contributed by atoms with E-state index in [1.54, 1.807) is 0 Å². The van der Waals surface area contributed by atoms with E-state index in [9.17, 15) is 10.2 Å². The number of rotatable bonds is 3. The van der Waals surface area contributed by atoms with E-state index in [4.69, 9.17) is 9.47 Å². The second-order valence-electron chi connectivity index (χ2n) is 5.49. The monoisotopic (exact) mass is 284 g/mol. The quantitative estimate of drug-likeness (QED) is 0.847. The number of aliphatic hydroxyl groups excluding tert-OH is 2. The second-order valence-corrected chi connectivity index (χ2v) is 5.49. The van der Waals surface area contributed by atoms with Crippen molar-refractivity contribution in [3.8, 4) is 5.75 Å². The number of aliphatic hydroxyl groups is 2. The van der Waals surface area contributed by atoms with Crippen molar-refractivity contribution in [3.63, 3.8) is 0 Å². The van der Waals surface area contributed by atoms with Gasteiger partial charge in [0, 0.05) is 5.56 Å². The Balaban J connectivity index is 1.63. The maximum absolute atomic E-state index is 10.4. The van der Waals surface area contributed by atoms with Crippen LogP contribution in [0.2, 0.25) is 0 Å². The van der Waals surface area contributed by atoms with Crippen LogP contribution in [0.3, 0.4) is 0 Å². The molecule has 0 saturated carbocycles. The number of epoxide rings is 1. The average molecular weight is 284 g/mol. The molecule has 2 aromatic carbocycles. The maximum atomic E-state index is 10.4. The molecule has 0 spiro atoms. The minimum atomic E-state index is -0.736.